The van der Waals surface area contributed by atoms with Gasteiger partial charge in [-0.25, -0.2) is 8.42 Å². The number of hydrogen-bond donors (Lipinski definition) is 1. The van der Waals surface area contributed by atoms with Crippen LogP contribution in [0.3, 0.4) is 0 Å². The normalized spacial score (nSPS) is 15.6. The van der Waals surface area contributed by atoms with Gasteiger partial charge in [-0.1, -0.05) is 30.3 Å². The highest BCUT2D eigenvalue weighted by Gasteiger charge is 2.24. The Morgan fingerprint density at radius 2 is 1.63 bits per heavy atom. The second-order valence-electron chi connectivity index (χ2n) is 6.98. The van der Waals surface area contributed by atoms with Crippen molar-refractivity contribution in [3.63, 3.8) is 0 Å². The lowest BCUT2D eigenvalue weighted by Gasteiger charge is -2.32. The fourth-order valence-electron chi connectivity index (χ4n) is 3.28. The van der Waals surface area contributed by atoms with Crippen LogP contribution in [0.1, 0.15) is 15.9 Å². The van der Waals surface area contributed by atoms with Gasteiger partial charge in [0.25, 0.3) is 5.91 Å². The molecular formula is C20H26N3O3S+. The van der Waals surface area contributed by atoms with Gasteiger partial charge in [0.05, 0.1) is 38.1 Å². The molecule has 6 nitrogen and oxygen atoms in total. The number of hydrogen-bond acceptors (Lipinski definition) is 3. The summed E-state index contributed by atoms with van der Waals surface area (Å²) in [4.78, 5) is 16.1. The molecule has 0 radical (unpaired) electrons. The van der Waals surface area contributed by atoms with Gasteiger partial charge >= 0.3 is 0 Å². The molecule has 1 heterocycles. The van der Waals surface area contributed by atoms with Crippen molar-refractivity contribution in [2.75, 3.05) is 43.8 Å². The van der Waals surface area contributed by atoms with Crippen LogP contribution >= 0.6 is 0 Å². The Kier molecular flexibility index (Phi) is 5.82. The molecule has 27 heavy (non-hydrogen) atoms. The van der Waals surface area contributed by atoms with Crippen molar-refractivity contribution in [3.05, 3.63) is 65.7 Å². The number of carbonyl (C=O) groups is 1. The van der Waals surface area contributed by atoms with E-state index in [-0.39, 0.29) is 5.91 Å². The lowest BCUT2D eigenvalue weighted by atomic mass is 10.1. The van der Waals surface area contributed by atoms with Crippen molar-refractivity contribution in [2.45, 2.75) is 6.54 Å². The summed E-state index contributed by atoms with van der Waals surface area (Å²) in [6.07, 6.45) is 1.16. The van der Waals surface area contributed by atoms with E-state index >= 15 is 0 Å². The summed E-state index contributed by atoms with van der Waals surface area (Å²) in [6, 6.07) is 17.1. The van der Waals surface area contributed by atoms with Crippen LogP contribution in [0.4, 0.5) is 5.69 Å². The molecule has 1 saturated heterocycles. The third-order valence-corrected chi connectivity index (χ3v) is 6.24. The molecule has 1 aliphatic rings. The summed E-state index contributed by atoms with van der Waals surface area (Å²) >= 11 is 0. The number of piperazine rings is 1. The van der Waals surface area contributed by atoms with Crippen LogP contribution in [-0.2, 0) is 16.6 Å². The molecule has 0 bridgehead atoms. The number of rotatable bonds is 5. The van der Waals surface area contributed by atoms with Gasteiger partial charge in [0.2, 0.25) is 10.0 Å². The van der Waals surface area contributed by atoms with Crippen molar-refractivity contribution in [2.24, 2.45) is 0 Å². The molecule has 0 aliphatic carbocycles. The van der Waals surface area contributed by atoms with Crippen LogP contribution < -0.4 is 9.21 Å². The van der Waals surface area contributed by atoms with E-state index in [1.165, 1.54) is 21.8 Å². The van der Waals surface area contributed by atoms with Crippen LogP contribution in [0.5, 0.6) is 0 Å². The first kappa shape index (κ1) is 19.4. The number of nitrogens with zero attached hydrogens (tertiary/aromatic N) is 2. The van der Waals surface area contributed by atoms with E-state index in [0.29, 0.717) is 11.3 Å². The van der Waals surface area contributed by atoms with Crippen LogP contribution in [-0.4, -0.2) is 58.7 Å². The highest BCUT2D eigenvalue weighted by molar-refractivity contribution is 7.92. The predicted molar refractivity (Wildman–Crippen MR) is 106 cm³/mol. The second-order valence-corrected chi connectivity index (χ2v) is 9.00. The average Bonchev–Trinajstić information content (AvgIpc) is 2.68. The molecule has 0 aromatic heterocycles. The van der Waals surface area contributed by atoms with Crippen molar-refractivity contribution in [3.8, 4) is 0 Å². The van der Waals surface area contributed by atoms with Gasteiger partial charge in [0.15, 0.2) is 0 Å². The molecule has 144 valence electrons. The fourth-order valence-corrected chi connectivity index (χ4v) is 3.78. The zero-order chi connectivity index (χ0) is 19.4. The number of quaternary nitrogens is 1. The number of carbonyl (C=O) groups excluding carboxylic acids is 1. The topological polar surface area (TPSA) is 62.1 Å². The third-order valence-electron chi connectivity index (χ3n) is 5.03. The molecule has 1 N–H and O–H groups in total. The Morgan fingerprint density at radius 3 is 2.19 bits per heavy atom. The van der Waals surface area contributed by atoms with E-state index < -0.39 is 10.0 Å². The maximum absolute atomic E-state index is 12.7. The van der Waals surface area contributed by atoms with Gasteiger partial charge < -0.3 is 9.80 Å². The van der Waals surface area contributed by atoms with Gasteiger partial charge in [-0.2, -0.15) is 0 Å². The number of sulfonamides is 1. The van der Waals surface area contributed by atoms with Crippen molar-refractivity contribution >= 4 is 21.6 Å². The standard InChI is InChI=1S/C20H25N3O3S/c1-21(27(2,25)26)19-10-8-18(9-11-19)20(24)23-14-12-22(13-15-23)16-17-6-4-3-5-7-17/h3-11H,12-16H2,1-2H3/p+1. The maximum Gasteiger partial charge on any atom is 0.254 e. The van der Waals surface area contributed by atoms with Gasteiger partial charge in [-0.05, 0) is 24.3 Å². The first-order valence-electron chi connectivity index (χ1n) is 9.05. The fraction of sp³-hybridized carbons (Fsp3) is 0.350. The third kappa shape index (κ3) is 4.87. The Hall–Kier alpha value is -2.38. The molecule has 0 atom stereocenters. The summed E-state index contributed by atoms with van der Waals surface area (Å²) in [5, 5.41) is 0. The largest absolute Gasteiger partial charge is 0.328 e. The lowest BCUT2D eigenvalue weighted by molar-refractivity contribution is -0.917. The molecule has 2 aromatic rings. The van der Waals surface area contributed by atoms with Crippen molar-refractivity contribution in [1.29, 1.82) is 0 Å². The number of benzene rings is 2. The smallest absolute Gasteiger partial charge is 0.254 e. The first-order chi connectivity index (χ1) is 12.8. The van der Waals surface area contributed by atoms with Gasteiger partial charge in [-0.15, -0.1) is 0 Å². The van der Waals surface area contributed by atoms with Crippen LogP contribution in [0.15, 0.2) is 54.6 Å². The molecule has 3 rings (SSSR count). The first-order valence-corrected chi connectivity index (χ1v) is 10.9. The summed E-state index contributed by atoms with van der Waals surface area (Å²) in [5.41, 5.74) is 2.45. The molecule has 7 heteroatoms. The maximum atomic E-state index is 12.7. The molecule has 1 amide bonds. The quantitative estimate of drug-likeness (QED) is 0.817. The van der Waals surface area contributed by atoms with Crippen molar-refractivity contribution in [1.82, 2.24) is 4.90 Å². The van der Waals surface area contributed by atoms with E-state index in [4.69, 9.17) is 0 Å². The second kappa shape index (κ2) is 8.10. The summed E-state index contributed by atoms with van der Waals surface area (Å²) in [5.74, 6) is 0.00215. The zero-order valence-electron chi connectivity index (χ0n) is 15.8. The summed E-state index contributed by atoms with van der Waals surface area (Å²) in [6.45, 7) is 4.29. The SMILES string of the molecule is CN(c1ccc(C(=O)N2CC[NH+](Cc3ccccc3)CC2)cc1)S(C)(=O)=O. The minimum atomic E-state index is -3.31. The molecule has 0 spiro atoms. The van der Waals surface area contributed by atoms with E-state index in [9.17, 15) is 13.2 Å². The van der Waals surface area contributed by atoms with Gasteiger partial charge in [0, 0.05) is 18.2 Å². The molecule has 1 fully saturated rings. The van der Waals surface area contributed by atoms with E-state index in [1.807, 2.05) is 11.0 Å². The highest BCUT2D eigenvalue weighted by atomic mass is 32.2. The zero-order valence-corrected chi connectivity index (χ0v) is 16.6. The minimum absolute atomic E-state index is 0.00215. The van der Waals surface area contributed by atoms with E-state index in [1.54, 1.807) is 24.3 Å². The van der Waals surface area contributed by atoms with E-state index in [2.05, 4.69) is 24.3 Å². The average molecular weight is 389 g/mol. The van der Waals surface area contributed by atoms with Crippen LogP contribution in [0.25, 0.3) is 0 Å². The monoisotopic (exact) mass is 388 g/mol. The molecule has 0 saturated carbocycles. The Morgan fingerprint density at radius 1 is 1.04 bits per heavy atom. The molecule has 1 aliphatic heterocycles. The number of anilines is 1. The van der Waals surface area contributed by atoms with Crippen LogP contribution in [0.2, 0.25) is 0 Å². The van der Waals surface area contributed by atoms with E-state index in [0.717, 1.165) is 39.0 Å². The van der Waals surface area contributed by atoms with Gasteiger partial charge in [0.1, 0.15) is 6.54 Å². The number of amides is 1. The Balaban J connectivity index is 1.57. The summed E-state index contributed by atoms with van der Waals surface area (Å²) < 4.78 is 24.4. The predicted octanol–water partition coefficient (Wildman–Crippen LogP) is 0.623. The van der Waals surface area contributed by atoms with Crippen molar-refractivity contribution < 1.29 is 18.1 Å². The molecule has 0 unspecified atom stereocenters. The Labute approximate surface area is 161 Å². The number of nitrogens with one attached hydrogen (secondary N) is 1. The highest BCUT2D eigenvalue weighted by Crippen LogP contribution is 2.17. The lowest BCUT2D eigenvalue weighted by Crippen LogP contribution is -3.13. The molecular weight excluding hydrogens is 362 g/mol. The molecule has 2 aromatic carbocycles. The van der Waals surface area contributed by atoms with Crippen LogP contribution in [0, 0.1) is 0 Å². The minimum Gasteiger partial charge on any atom is -0.328 e. The Bertz CT molecular complexity index is 874. The summed E-state index contributed by atoms with van der Waals surface area (Å²) in [7, 11) is -1.81. The van der Waals surface area contributed by atoms with Gasteiger partial charge in [-0.3, -0.25) is 9.10 Å².